The number of benzene rings is 1. The number of nitrogens with zero attached hydrogens (tertiary/aromatic N) is 3. The van der Waals surface area contributed by atoms with Crippen molar-refractivity contribution in [3.8, 4) is 5.75 Å². The second-order valence-electron chi connectivity index (χ2n) is 4.38. The first kappa shape index (κ1) is 13.3. The van der Waals surface area contributed by atoms with E-state index in [-0.39, 0.29) is 11.6 Å². The molecule has 0 spiro atoms. The van der Waals surface area contributed by atoms with Gasteiger partial charge in [-0.05, 0) is 18.6 Å². The van der Waals surface area contributed by atoms with E-state index in [9.17, 15) is 4.39 Å². The van der Waals surface area contributed by atoms with Crippen LogP contribution < -0.4 is 10.1 Å². The molecule has 6 nitrogen and oxygen atoms in total. The molecule has 2 N–H and O–H groups in total. The van der Waals surface area contributed by atoms with Gasteiger partial charge >= 0.3 is 0 Å². The third kappa shape index (κ3) is 3.07. The maximum Gasteiger partial charge on any atom is 0.182 e. The number of aromatic amines is 1. The summed E-state index contributed by atoms with van der Waals surface area (Å²) in [6, 6.07) is 6.37. The highest BCUT2D eigenvalue weighted by Crippen LogP contribution is 2.16. The van der Waals surface area contributed by atoms with Gasteiger partial charge in [-0.15, -0.1) is 0 Å². The van der Waals surface area contributed by atoms with Crippen LogP contribution in [-0.2, 0) is 0 Å². The summed E-state index contributed by atoms with van der Waals surface area (Å²) in [6.45, 7) is 1.07. The van der Waals surface area contributed by atoms with Crippen molar-refractivity contribution >= 4 is 17.0 Å². The highest BCUT2D eigenvalue weighted by molar-refractivity contribution is 5.81. The number of nitrogens with one attached hydrogen (secondary N) is 2. The van der Waals surface area contributed by atoms with Crippen LogP contribution in [0, 0.1) is 5.82 Å². The number of H-pyrrole nitrogens is 1. The number of imidazole rings is 1. The molecular formula is C14H14FN5O. The largest absolute Gasteiger partial charge is 0.490 e. The number of para-hydroxylation sites is 1. The molecule has 0 unspecified atom stereocenters. The predicted molar refractivity (Wildman–Crippen MR) is 76.7 cm³/mol. The van der Waals surface area contributed by atoms with Gasteiger partial charge in [0.1, 0.15) is 11.8 Å². The summed E-state index contributed by atoms with van der Waals surface area (Å²) >= 11 is 0. The summed E-state index contributed by atoms with van der Waals surface area (Å²) in [6.07, 6.45) is 3.75. The molecule has 108 valence electrons. The van der Waals surface area contributed by atoms with Crippen LogP contribution in [0.2, 0.25) is 0 Å². The zero-order valence-corrected chi connectivity index (χ0v) is 11.2. The molecular weight excluding hydrogens is 273 g/mol. The van der Waals surface area contributed by atoms with Crippen LogP contribution in [0.3, 0.4) is 0 Å². The summed E-state index contributed by atoms with van der Waals surface area (Å²) in [4.78, 5) is 15.2. The minimum Gasteiger partial charge on any atom is -0.490 e. The Morgan fingerprint density at radius 1 is 1.19 bits per heavy atom. The van der Waals surface area contributed by atoms with Gasteiger partial charge in [0.2, 0.25) is 0 Å². The summed E-state index contributed by atoms with van der Waals surface area (Å²) < 4.78 is 18.7. The lowest BCUT2D eigenvalue weighted by Crippen LogP contribution is -2.09. The number of ether oxygens (including phenoxy) is 1. The van der Waals surface area contributed by atoms with E-state index in [4.69, 9.17) is 4.74 Å². The molecule has 3 rings (SSSR count). The molecule has 0 aliphatic heterocycles. The molecule has 0 radical (unpaired) electrons. The molecule has 2 heterocycles. The van der Waals surface area contributed by atoms with Gasteiger partial charge in [0.05, 0.1) is 12.9 Å². The van der Waals surface area contributed by atoms with Crippen molar-refractivity contribution < 1.29 is 9.13 Å². The van der Waals surface area contributed by atoms with Gasteiger partial charge in [0.15, 0.2) is 23.0 Å². The minimum absolute atomic E-state index is 0.274. The van der Waals surface area contributed by atoms with E-state index in [0.717, 1.165) is 5.52 Å². The van der Waals surface area contributed by atoms with Crippen LogP contribution in [0.5, 0.6) is 5.75 Å². The highest BCUT2D eigenvalue weighted by Gasteiger charge is 2.05. The molecule has 7 heteroatoms. The number of hydrogen-bond acceptors (Lipinski definition) is 5. The van der Waals surface area contributed by atoms with E-state index in [1.165, 1.54) is 12.4 Å². The van der Waals surface area contributed by atoms with E-state index in [0.29, 0.717) is 31.0 Å². The molecule has 2 aromatic heterocycles. The Labute approximate surface area is 120 Å². The van der Waals surface area contributed by atoms with E-state index in [1.54, 1.807) is 24.5 Å². The fourth-order valence-electron chi connectivity index (χ4n) is 1.92. The standard InChI is InChI=1S/C14H14FN5O/c15-10-4-1-2-5-11(10)21-7-3-6-16-13-12-14(18-8-17-12)20-9-19-13/h1-2,4-5,8-9H,3,6-7H2,(H2,16,17,18,19,20). The minimum atomic E-state index is -0.347. The molecule has 0 aliphatic rings. The fourth-order valence-corrected chi connectivity index (χ4v) is 1.92. The van der Waals surface area contributed by atoms with Gasteiger partial charge in [-0.3, -0.25) is 0 Å². The normalized spacial score (nSPS) is 10.7. The average Bonchev–Trinajstić information content (AvgIpc) is 2.98. The summed E-state index contributed by atoms with van der Waals surface area (Å²) in [5.41, 5.74) is 1.39. The van der Waals surface area contributed by atoms with Crippen molar-refractivity contribution in [3.05, 3.63) is 42.7 Å². The molecule has 3 aromatic rings. The molecule has 0 aliphatic carbocycles. The van der Waals surface area contributed by atoms with E-state index in [2.05, 4.69) is 25.3 Å². The number of halogens is 1. The SMILES string of the molecule is Fc1ccccc1OCCCNc1ncnc2nc[nH]c12. The maximum atomic E-state index is 13.3. The Balaban J connectivity index is 1.49. The zero-order valence-electron chi connectivity index (χ0n) is 11.2. The highest BCUT2D eigenvalue weighted by atomic mass is 19.1. The molecule has 0 saturated carbocycles. The number of hydrogen-bond donors (Lipinski definition) is 2. The van der Waals surface area contributed by atoms with Crippen LogP contribution >= 0.6 is 0 Å². The number of anilines is 1. The monoisotopic (exact) mass is 287 g/mol. The van der Waals surface area contributed by atoms with Crippen molar-refractivity contribution in [1.29, 1.82) is 0 Å². The molecule has 1 aromatic carbocycles. The Morgan fingerprint density at radius 3 is 3.00 bits per heavy atom. The van der Waals surface area contributed by atoms with E-state index >= 15 is 0 Å². The first-order chi connectivity index (χ1) is 10.3. The first-order valence-corrected chi connectivity index (χ1v) is 6.60. The van der Waals surface area contributed by atoms with Crippen molar-refractivity contribution in [3.63, 3.8) is 0 Å². The van der Waals surface area contributed by atoms with Gasteiger partial charge < -0.3 is 15.0 Å². The quantitative estimate of drug-likeness (QED) is 0.681. The Morgan fingerprint density at radius 2 is 2.10 bits per heavy atom. The number of rotatable bonds is 6. The third-order valence-corrected chi connectivity index (χ3v) is 2.93. The van der Waals surface area contributed by atoms with Crippen molar-refractivity contribution in [1.82, 2.24) is 19.9 Å². The van der Waals surface area contributed by atoms with E-state index < -0.39 is 0 Å². The van der Waals surface area contributed by atoms with Crippen LogP contribution in [0.25, 0.3) is 11.2 Å². The van der Waals surface area contributed by atoms with Gasteiger partial charge in [-0.2, -0.15) is 0 Å². The topological polar surface area (TPSA) is 75.7 Å². The molecule has 0 fully saturated rings. The summed E-state index contributed by atoms with van der Waals surface area (Å²) in [5.74, 6) is 0.624. The van der Waals surface area contributed by atoms with Gasteiger partial charge in [0, 0.05) is 6.54 Å². The van der Waals surface area contributed by atoms with Crippen LogP contribution in [0.1, 0.15) is 6.42 Å². The average molecular weight is 287 g/mol. The summed E-state index contributed by atoms with van der Waals surface area (Å²) in [7, 11) is 0. The predicted octanol–water partition coefficient (Wildman–Crippen LogP) is 2.37. The van der Waals surface area contributed by atoms with Crippen LogP contribution in [-0.4, -0.2) is 33.1 Å². The fraction of sp³-hybridized carbons (Fsp3) is 0.214. The molecule has 0 bridgehead atoms. The summed E-state index contributed by atoms with van der Waals surface area (Å²) in [5, 5.41) is 3.18. The zero-order chi connectivity index (χ0) is 14.5. The van der Waals surface area contributed by atoms with Crippen LogP contribution in [0.4, 0.5) is 10.2 Å². The lowest BCUT2D eigenvalue weighted by Gasteiger charge is -2.08. The Bertz CT molecular complexity index is 730. The number of aromatic nitrogens is 4. The van der Waals surface area contributed by atoms with Gasteiger partial charge in [0.25, 0.3) is 0 Å². The van der Waals surface area contributed by atoms with Gasteiger partial charge in [-0.25, -0.2) is 19.3 Å². The Hall–Kier alpha value is -2.70. The van der Waals surface area contributed by atoms with Crippen molar-refractivity contribution in [2.45, 2.75) is 6.42 Å². The van der Waals surface area contributed by atoms with Gasteiger partial charge in [-0.1, -0.05) is 12.1 Å². The second-order valence-corrected chi connectivity index (χ2v) is 4.38. The molecule has 21 heavy (non-hydrogen) atoms. The van der Waals surface area contributed by atoms with Crippen LogP contribution in [0.15, 0.2) is 36.9 Å². The third-order valence-electron chi connectivity index (χ3n) is 2.93. The smallest absolute Gasteiger partial charge is 0.182 e. The van der Waals surface area contributed by atoms with Crippen molar-refractivity contribution in [2.24, 2.45) is 0 Å². The van der Waals surface area contributed by atoms with Crippen molar-refractivity contribution in [2.75, 3.05) is 18.5 Å². The maximum absolute atomic E-state index is 13.3. The number of fused-ring (bicyclic) bond motifs is 1. The second kappa shape index (κ2) is 6.17. The van der Waals surface area contributed by atoms with E-state index in [1.807, 2.05) is 0 Å². The Kier molecular flexibility index (Phi) is 3.90. The lowest BCUT2D eigenvalue weighted by molar-refractivity contribution is 0.299. The molecule has 0 atom stereocenters. The first-order valence-electron chi connectivity index (χ1n) is 6.60. The molecule has 0 saturated heterocycles. The lowest BCUT2D eigenvalue weighted by atomic mass is 10.3. The molecule has 0 amide bonds.